The lowest BCUT2D eigenvalue weighted by Gasteiger charge is -2.15. The van der Waals surface area contributed by atoms with Gasteiger partial charge in [0.2, 0.25) is 0 Å². The normalized spacial score (nSPS) is 15.3. The number of fused-ring (bicyclic) bond motifs is 3. The van der Waals surface area contributed by atoms with Crippen LogP contribution in [0.2, 0.25) is 0 Å². The summed E-state index contributed by atoms with van der Waals surface area (Å²) in [6.45, 7) is 1.68. The summed E-state index contributed by atoms with van der Waals surface area (Å²) in [6.07, 6.45) is 5.13. The van der Waals surface area contributed by atoms with Crippen molar-refractivity contribution in [3.05, 3.63) is 35.5 Å². The lowest BCUT2D eigenvalue weighted by molar-refractivity contribution is 0.617. The molecule has 0 bridgehead atoms. The first-order valence-corrected chi connectivity index (χ1v) is 6.21. The number of aryl methyl sites for hydroxylation is 1. The molecule has 3 rings (SSSR count). The Bertz CT molecular complexity index is 511. The molecule has 0 amide bonds. The predicted octanol–water partition coefficient (Wildman–Crippen LogP) is 2.48. The van der Waals surface area contributed by atoms with Crippen molar-refractivity contribution in [1.82, 2.24) is 4.57 Å². The van der Waals surface area contributed by atoms with Crippen molar-refractivity contribution < 1.29 is 0 Å². The van der Waals surface area contributed by atoms with Crippen LogP contribution in [-0.4, -0.2) is 11.1 Å². The molecular weight excluding hydrogens is 196 g/mol. The second-order valence-electron chi connectivity index (χ2n) is 4.59. The van der Waals surface area contributed by atoms with Gasteiger partial charge in [0.15, 0.2) is 0 Å². The average Bonchev–Trinajstić information content (AvgIpc) is 2.66. The molecule has 84 valence electrons. The average molecular weight is 214 g/mol. The van der Waals surface area contributed by atoms with Crippen LogP contribution in [0.3, 0.4) is 0 Å². The van der Waals surface area contributed by atoms with E-state index >= 15 is 0 Å². The fourth-order valence-corrected chi connectivity index (χ4v) is 2.97. The van der Waals surface area contributed by atoms with Gasteiger partial charge in [-0.25, -0.2) is 0 Å². The molecule has 1 heterocycles. The third kappa shape index (κ3) is 1.37. The molecular formula is C14H18N2. The van der Waals surface area contributed by atoms with Crippen molar-refractivity contribution in [2.45, 2.75) is 32.2 Å². The second kappa shape index (κ2) is 3.95. The molecule has 2 heteroatoms. The van der Waals surface area contributed by atoms with E-state index in [-0.39, 0.29) is 0 Å². The predicted molar refractivity (Wildman–Crippen MR) is 67.6 cm³/mol. The van der Waals surface area contributed by atoms with Crippen LogP contribution < -0.4 is 5.73 Å². The van der Waals surface area contributed by atoms with Gasteiger partial charge in [0.05, 0.1) is 0 Å². The quantitative estimate of drug-likeness (QED) is 0.818. The maximum absolute atomic E-state index is 5.72. The maximum Gasteiger partial charge on any atom is 0.0485 e. The Morgan fingerprint density at radius 1 is 1.12 bits per heavy atom. The van der Waals surface area contributed by atoms with Gasteiger partial charge in [-0.15, -0.1) is 0 Å². The third-order valence-electron chi connectivity index (χ3n) is 3.64. The van der Waals surface area contributed by atoms with Gasteiger partial charge in [0.1, 0.15) is 0 Å². The Morgan fingerprint density at radius 3 is 2.81 bits per heavy atom. The minimum Gasteiger partial charge on any atom is -0.343 e. The molecule has 1 aliphatic carbocycles. The smallest absolute Gasteiger partial charge is 0.0485 e. The molecule has 0 radical (unpaired) electrons. The Labute approximate surface area is 96.1 Å². The van der Waals surface area contributed by atoms with Crippen molar-refractivity contribution in [1.29, 1.82) is 0 Å². The SMILES string of the molecule is NCCn1c2c(c3ccccc31)CCCC2. The molecule has 2 aromatic rings. The molecule has 16 heavy (non-hydrogen) atoms. The number of para-hydroxylation sites is 1. The Morgan fingerprint density at radius 2 is 1.94 bits per heavy atom. The summed E-state index contributed by atoms with van der Waals surface area (Å²) in [6, 6.07) is 8.75. The lowest BCUT2D eigenvalue weighted by atomic mass is 9.96. The molecule has 0 spiro atoms. The Hall–Kier alpha value is -1.28. The number of rotatable bonds is 2. The second-order valence-corrected chi connectivity index (χ2v) is 4.59. The molecule has 0 saturated heterocycles. The highest BCUT2D eigenvalue weighted by atomic mass is 15.0. The highest BCUT2D eigenvalue weighted by molar-refractivity contribution is 5.85. The molecule has 2 nitrogen and oxygen atoms in total. The molecule has 0 unspecified atom stereocenters. The summed E-state index contributed by atoms with van der Waals surface area (Å²) in [7, 11) is 0. The highest BCUT2D eigenvalue weighted by Crippen LogP contribution is 2.31. The topological polar surface area (TPSA) is 30.9 Å². The number of hydrogen-bond donors (Lipinski definition) is 1. The number of benzene rings is 1. The van der Waals surface area contributed by atoms with Crippen LogP contribution in [0.4, 0.5) is 0 Å². The van der Waals surface area contributed by atoms with E-state index in [1.54, 1.807) is 5.56 Å². The van der Waals surface area contributed by atoms with Crippen molar-refractivity contribution in [2.24, 2.45) is 5.73 Å². The van der Waals surface area contributed by atoms with E-state index in [1.807, 2.05) is 0 Å². The zero-order valence-electron chi connectivity index (χ0n) is 9.58. The van der Waals surface area contributed by atoms with Gasteiger partial charge < -0.3 is 10.3 Å². The molecule has 0 fully saturated rings. The summed E-state index contributed by atoms with van der Waals surface area (Å²) in [4.78, 5) is 0. The summed E-state index contributed by atoms with van der Waals surface area (Å²) in [5, 5.41) is 1.45. The van der Waals surface area contributed by atoms with Gasteiger partial charge >= 0.3 is 0 Å². The van der Waals surface area contributed by atoms with E-state index in [0.717, 1.165) is 13.1 Å². The minimum atomic E-state index is 0.727. The first-order chi connectivity index (χ1) is 7.92. The number of aromatic nitrogens is 1. The summed E-state index contributed by atoms with van der Waals surface area (Å²) >= 11 is 0. The Kier molecular flexibility index (Phi) is 2.44. The van der Waals surface area contributed by atoms with Crippen molar-refractivity contribution >= 4 is 10.9 Å². The number of nitrogens with zero attached hydrogens (tertiary/aromatic N) is 1. The number of hydrogen-bond acceptors (Lipinski definition) is 1. The van der Waals surface area contributed by atoms with Gasteiger partial charge in [0, 0.05) is 29.7 Å². The highest BCUT2D eigenvalue weighted by Gasteiger charge is 2.18. The van der Waals surface area contributed by atoms with Crippen molar-refractivity contribution in [3.63, 3.8) is 0 Å². The summed E-state index contributed by atoms with van der Waals surface area (Å²) in [5.41, 5.74) is 10.2. The number of nitrogens with two attached hydrogens (primary N) is 1. The molecule has 0 saturated carbocycles. The standard InChI is InChI=1S/C14H18N2/c15-9-10-16-13-7-3-1-5-11(13)12-6-2-4-8-14(12)16/h1,3,5,7H,2,4,6,8-10,15H2. The minimum absolute atomic E-state index is 0.727. The van der Waals surface area contributed by atoms with E-state index < -0.39 is 0 Å². The van der Waals surface area contributed by atoms with Crippen LogP contribution in [0.15, 0.2) is 24.3 Å². The molecule has 1 aliphatic rings. The van der Waals surface area contributed by atoms with Crippen LogP contribution in [0.5, 0.6) is 0 Å². The fourth-order valence-electron chi connectivity index (χ4n) is 2.97. The Balaban J connectivity index is 2.28. The van der Waals surface area contributed by atoms with Gasteiger partial charge in [0.25, 0.3) is 0 Å². The van der Waals surface area contributed by atoms with Crippen LogP contribution in [-0.2, 0) is 19.4 Å². The van der Waals surface area contributed by atoms with Crippen molar-refractivity contribution in [2.75, 3.05) is 6.54 Å². The van der Waals surface area contributed by atoms with Gasteiger partial charge in [-0.05, 0) is 37.3 Å². The zero-order valence-corrected chi connectivity index (χ0v) is 9.58. The van der Waals surface area contributed by atoms with Crippen LogP contribution in [0.1, 0.15) is 24.1 Å². The largest absolute Gasteiger partial charge is 0.343 e. The fraction of sp³-hybridized carbons (Fsp3) is 0.429. The van der Waals surface area contributed by atoms with Crippen LogP contribution in [0, 0.1) is 0 Å². The first-order valence-electron chi connectivity index (χ1n) is 6.21. The molecule has 0 aliphatic heterocycles. The van der Waals surface area contributed by atoms with E-state index in [9.17, 15) is 0 Å². The van der Waals surface area contributed by atoms with Gasteiger partial charge in [-0.3, -0.25) is 0 Å². The van der Waals surface area contributed by atoms with E-state index in [0.29, 0.717) is 0 Å². The van der Waals surface area contributed by atoms with E-state index in [4.69, 9.17) is 5.73 Å². The van der Waals surface area contributed by atoms with Crippen LogP contribution in [0.25, 0.3) is 10.9 Å². The van der Waals surface area contributed by atoms with Gasteiger partial charge in [-0.1, -0.05) is 18.2 Å². The molecule has 1 aromatic carbocycles. The maximum atomic E-state index is 5.72. The lowest BCUT2D eigenvalue weighted by Crippen LogP contribution is -2.14. The summed E-state index contributed by atoms with van der Waals surface area (Å²) in [5.74, 6) is 0. The van der Waals surface area contributed by atoms with Crippen LogP contribution >= 0.6 is 0 Å². The molecule has 0 atom stereocenters. The monoisotopic (exact) mass is 214 g/mol. The third-order valence-corrected chi connectivity index (χ3v) is 3.64. The van der Waals surface area contributed by atoms with E-state index in [2.05, 4.69) is 28.8 Å². The summed E-state index contributed by atoms with van der Waals surface area (Å²) < 4.78 is 2.43. The molecule has 2 N–H and O–H groups in total. The van der Waals surface area contributed by atoms with E-state index in [1.165, 1.54) is 42.3 Å². The van der Waals surface area contributed by atoms with Gasteiger partial charge in [-0.2, -0.15) is 0 Å². The van der Waals surface area contributed by atoms with Crippen molar-refractivity contribution in [3.8, 4) is 0 Å². The first kappa shape index (κ1) is 9.91. The molecule has 1 aromatic heterocycles. The zero-order chi connectivity index (χ0) is 11.0.